The summed E-state index contributed by atoms with van der Waals surface area (Å²) in [7, 11) is 0. The quantitative estimate of drug-likeness (QED) is 0.632. The largest absolute Gasteiger partial charge is 0.345 e. The summed E-state index contributed by atoms with van der Waals surface area (Å²) in [5.74, 6) is -0.391. The molecule has 3 N–H and O–H groups in total. The lowest BCUT2D eigenvalue weighted by atomic mass is 10.2. The van der Waals surface area contributed by atoms with Crippen molar-refractivity contribution in [2.45, 2.75) is 0 Å². The Balaban J connectivity index is 2.01. The third-order valence-corrected chi connectivity index (χ3v) is 2.64. The number of aromatic nitrogens is 4. The Morgan fingerprint density at radius 1 is 1.32 bits per heavy atom. The van der Waals surface area contributed by atoms with Crippen LogP contribution in [-0.4, -0.2) is 25.8 Å². The summed E-state index contributed by atoms with van der Waals surface area (Å²) in [5, 5.41) is 2.90. The maximum atomic E-state index is 12.1. The van der Waals surface area contributed by atoms with E-state index in [0.29, 0.717) is 11.3 Å². The Kier molecular flexibility index (Phi) is 2.57. The maximum absolute atomic E-state index is 12.1. The van der Waals surface area contributed by atoms with Gasteiger partial charge in [-0.05, 0) is 12.1 Å². The average Bonchev–Trinajstić information content (AvgIpc) is 2.85. The van der Waals surface area contributed by atoms with E-state index in [9.17, 15) is 9.59 Å². The van der Waals surface area contributed by atoms with Gasteiger partial charge in [-0.2, -0.15) is 0 Å². The third-order valence-electron chi connectivity index (χ3n) is 2.64. The summed E-state index contributed by atoms with van der Waals surface area (Å²) >= 11 is 0. The van der Waals surface area contributed by atoms with Crippen LogP contribution in [0.25, 0.3) is 11.0 Å². The molecule has 3 aromatic rings. The van der Waals surface area contributed by atoms with Crippen molar-refractivity contribution in [1.82, 2.24) is 19.9 Å². The standard InChI is InChI=1S/C12H9N5O2/c18-11(17-7-2-1-3-13-4-7)8-5-14-10-9(8)12(19)16-6-15-10/h1-6H,(H,17,18)(H2,14,15,16,19). The van der Waals surface area contributed by atoms with Gasteiger partial charge < -0.3 is 15.3 Å². The predicted molar refractivity (Wildman–Crippen MR) is 68.9 cm³/mol. The van der Waals surface area contributed by atoms with Gasteiger partial charge in [0.15, 0.2) is 0 Å². The molecule has 0 radical (unpaired) electrons. The molecule has 7 heteroatoms. The molecule has 0 aliphatic heterocycles. The number of hydrogen-bond acceptors (Lipinski definition) is 4. The lowest BCUT2D eigenvalue weighted by Gasteiger charge is -2.02. The van der Waals surface area contributed by atoms with Gasteiger partial charge in [0.05, 0.1) is 29.2 Å². The van der Waals surface area contributed by atoms with E-state index in [0.717, 1.165) is 0 Å². The van der Waals surface area contributed by atoms with Crippen LogP contribution in [0, 0.1) is 0 Å². The van der Waals surface area contributed by atoms with Gasteiger partial charge >= 0.3 is 0 Å². The van der Waals surface area contributed by atoms with E-state index < -0.39 is 5.91 Å². The molecule has 1 amide bonds. The molecule has 0 unspecified atom stereocenters. The predicted octanol–water partition coefficient (Wildman–Crippen LogP) is 0.898. The molecule has 3 aromatic heterocycles. The summed E-state index contributed by atoms with van der Waals surface area (Å²) in [6.07, 6.45) is 5.87. The van der Waals surface area contributed by atoms with E-state index in [2.05, 4.69) is 25.3 Å². The number of carbonyl (C=O) groups excluding carboxylic acids is 1. The molecule has 0 saturated carbocycles. The van der Waals surface area contributed by atoms with Crippen molar-refractivity contribution in [1.29, 1.82) is 0 Å². The zero-order valence-electron chi connectivity index (χ0n) is 9.68. The van der Waals surface area contributed by atoms with Crippen LogP contribution in [0.2, 0.25) is 0 Å². The minimum Gasteiger partial charge on any atom is -0.345 e. The highest BCUT2D eigenvalue weighted by Crippen LogP contribution is 2.13. The molecule has 0 saturated heterocycles. The topological polar surface area (TPSA) is 104 Å². The first-order valence-electron chi connectivity index (χ1n) is 5.52. The Bertz CT molecular complexity index is 790. The minimum atomic E-state index is -0.391. The number of hydrogen-bond donors (Lipinski definition) is 3. The van der Waals surface area contributed by atoms with Gasteiger partial charge in [-0.3, -0.25) is 14.6 Å². The van der Waals surface area contributed by atoms with Crippen molar-refractivity contribution in [2.75, 3.05) is 5.32 Å². The van der Waals surface area contributed by atoms with Gasteiger partial charge in [0.2, 0.25) is 0 Å². The second-order valence-electron chi connectivity index (χ2n) is 3.85. The van der Waals surface area contributed by atoms with E-state index >= 15 is 0 Å². The first-order chi connectivity index (χ1) is 9.25. The Labute approximate surface area is 106 Å². The molecule has 19 heavy (non-hydrogen) atoms. The molecule has 0 aliphatic rings. The third kappa shape index (κ3) is 1.97. The van der Waals surface area contributed by atoms with Crippen LogP contribution in [0.3, 0.4) is 0 Å². The number of nitrogens with one attached hydrogen (secondary N) is 3. The summed E-state index contributed by atoms with van der Waals surface area (Å²) in [6, 6.07) is 3.42. The first kappa shape index (κ1) is 11.1. The molecule has 3 heterocycles. The molecule has 94 valence electrons. The van der Waals surface area contributed by atoms with Crippen molar-refractivity contribution < 1.29 is 4.79 Å². The van der Waals surface area contributed by atoms with Crippen LogP contribution in [0.5, 0.6) is 0 Å². The van der Waals surface area contributed by atoms with E-state index in [4.69, 9.17) is 0 Å². The lowest BCUT2D eigenvalue weighted by Crippen LogP contribution is -2.15. The monoisotopic (exact) mass is 255 g/mol. The van der Waals surface area contributed by atoms with E-state index in [-0.39, 0.29) is 16.5 Å². The van der Waals surface area contributed by atoms with Crippen LogP contribution in [0.4, 0.5) is 5.69 Å². The molecular formula is C12H9N5O2. The molecule has 3 rings (SSSR count). The summed E-state index contributed by atoms with van der Waals surface area (Å²) < 4.78 is 0. The number of H-pyrrole nitrogens is 2. The fraction of sp³-hybridized carbons (Fsp3) is 0. The van der Waals surface area contributed by atoms with Crippen LogP contribution in [-0.2, 0) is 0 Å². The van der Waals surface area contributed by atoms with Crippen molar-refractivity contribution in [3.63, 3.8) is 0 Å². The highest BCUT2D eigenvalue weighted by atomic mass is 16.2. The maximum Gasteiger partial charge on any atom is 0.261 e. The zero-order chi connectivity index (χ0) is 13.2. The number of fused-ring (bicyclic) bond motifs is 1. The number of nitrogens with zero attached hydrogens (tertiary/aromatic N) is 2. The molecule has 0 spiro atoms. The fourth-order valence-corrected chi connectivity index (χ4v) is 1.79. The highest BCUT2D eigenvalue weighted by Gasteiger charge is 2.15. The smallest absolute Gasteiger partial charge is 0.261 e. The van der Waals surface area contributed by atoms with E-state index in [1.54, 1.807) is 18.3 Å². The van der Waals surface area contributed by atoms with Gasteiger partial charge in [-0.15, -0.1) is 0 Å². The SMILES string of the molecule is O=C(Nc1cccnc1)c1c[nH]c2nc[nH]c(=O)c12. The normalized spacial score (nSPS) is 10.5. The first-order valence-corrected chi connectivity index (χ1v) is 5.52. The zero-order valence-corrected chi connectivity index (χ0v) is 9.68. The van der Waals surface area contributed by atoms with Crippen LogP contribution in [0.1, 0.15) is 10.4 Å². The summed E-state index contributed by atoms with van der Waals surface area (Å²) in [6.45, 7) is 0. The molecule has 0 fully saturated rings. The molecule has 0 aromatic carbocycles. The molecule has 7 nitrogen and oxygen atoms in total. The second-order valence-corrected chi connectivity index (χ2v) is 3.85. The molecule has 0 aliphatic carbocycles. The van der Waals surface area contributed by atoms with Gasteiger partial charge in [0, 0.05) is 12.4 Å². The second kappa shape index (κ2) is 4.37. The lowest BCUT2D eigenvalue weighted by molar-refractivity contribution is 0.102. The Hall–Kier alpha value is -2.96. The van der Waals surface area contributed by atoms with Gasteiger partial charge in [-0.1, -0.05) is 0 Å². The minimum absolute atomic E-state index is 0.240. The highest BCUT2D eigenvalue weighted by molar-refractivity contribution is 6.11. The van der Waals surface area contributed by atoms with Gasteiger partial charge in [0.25, 0.3) is 11.5 Å². The number of anilines is 1. The molecule has 0 bridgehead atoms. The molecular weight excluding hydrogens is 246 g/mol. The van der Waals surface area contributed by atoms with Crippen LogP contribution in [0.15, 0.2) is 41.8 Å². The van der Waals surface area contributed by atoms with Gasteiger partial charge in [-0.25, -0.2) is 4.98 Å². The number of rotatable bonds is 2. The number of amides is 1. The van der Waals surface area contributed by atoms with Crippen molar-refractivity contribution in [3.05, 3.63) is 53.0 Å². The van der Waals surface area contributed by atoms with E-state index in [1.165, 1.54) is 18.7 Å². The van der Waals surface area contributed by atoms with Crippen molar-refractivity contribution in [2.24, 2.45) is 0 Å². The number of pyridine rings is 1. The molecule has 0 atom stereocenters. The number of carbonyl (C=O) groups is 1. The van der Waals surface area contributed by atoms with E-state index in [1.807, 2.05) is 0 Å². The van der Waals surface area contributed by atoms with Crippen molar-refractivity contribution in [3.8, 4) is 0 Å². The van der Waals surface area contributed by atoms with Crippen LogP contribution >= 0.6 is 0 Å². The summed E-state index contributed by atoms with van der Waals surface area (Å²) in [5.41, 5.74) is 0.818. The Morgan fingerprint density at radius 2 is 2.21 bits per heavy atom. The summed E-state index contributed by atoms with van der Waals surface area (Å²) in [4.78, 5) is 36.9. The van der Waals surface area contributed by atoms with Crippen LogP contribution < -0.4 is 10.9 Å². The van der Waals surface area contributed by atoms with Gasteiger partial charge in [0.1, 0.15) is 5.65 Å². The van der Waals surface area contributed by atoms with Crippen molar-refractivity contribution >= 4 is 22.6 Å². The number of aromatic amines is 2. The Morgan fingerprint density at radius 3 is 3.00 bits per heavy atom. The average molecular weight is 255 g/mol. The fourth-order valence-electron chi connectivity index (χ4n) is 1.79.